The van der Waals surface area contributed by atoms with E-state index < -0.39 is 0 Å². The summed E-state index contributed by atoms with van der Waals surface area (Å²) >= 11 is 9.18. The summed E-state index contributed by atoms with van der Waals surface area (Å²) in [6.45, 7) is 12.0. The first-order valence-electron chi connectivity index (χ1n) is 11.4. The minimum Gasteiger partial charge on any atom is -0.469 e. The summed E-state index contributed by atoms with van der Waals surface area (Å²) in [6, 6.07) is 0. The summed E-state index contributed by atoms with van der Waals surface area (Å²) in [4.78, 5) is 42.9. The van der Waals surface area contributed by atoms with Crippen molar-refractivity contribution in [1.82, 2.24) is 0 Å². The Kier molecular flexibility index (Phi) is 51.4. The number of methoxy groups -OCH3 is 2. The maximum absolute atomic E-state index is 10.9. The predicted octanol–water partition coefficient (Wildman–Crippen LogP) is 5.00. The second kappa shape index (κ2) is 40.5. The smallest absolute Gasteiger partial charge is 0.305 e. The van der Waals surface area contributed by atoms with Gasteiger partial charge in [-0.05, 0) is 12.8 Å². The van der Waals surface area contributed by atoms with Crippen molar-refractivity contribution in [3.63, 3.8) is 0 Å². The van der Waals surface area contributed by atoms with Crippen LogP contribution in [0.4, 0.5) is 0 Å². The molecular weight excluding hydrogens is 599 g/mol. The summed E-state index contributed by atoms with van der Waals surface area (Å²) < 4.78 is 18.2. The van der Waals surface area contributed by atoms with E-state index in [0.29, 0.717) is 24.3 Å². The molecule has 0 spiro atoms. The van der Waals surface area contributed by atoms with Crippen LogP contribution in [0.3, 0.4) is 0 Å². The Morgan fingerprint density at radius 1 is 0.629 bits per heavy atom. The third-order valence-electron chi connectivity index (χ3n) is 3.38. The molecule has 204 valence electrons. The minimum atomic E-state index is -0.311. The zero-order chi connectivity index (χ0) is 27.0. The van der Waals surface area contributed by atoms with Gasteiger partial charge in [-0.25, -0.2) is 0 Å². The van der Waals surface area contributed by atoms with Crippen LogP contribution in [-0.4, -0.2) is 86.7 Å². The van der Waals surface area contributed by atoms with Gasteiger partial charge in [0.05, 0.1) is 14.2 Å². The number of unbranched alkanes of at least 4 members (excludes halogenated alkanes) is 2. The molecule has 8 nitrogen and oxygen atoms in total. The molecule has 8 radical (unpaired) electrons. The largest absolute Gasteiger partial charge is 0.469 e. The minimum absolute atomic E-state index is 0. The fourth-order valence-electron chi connectivity index (χ4n) is 1.41. The van der Waals surface area contributed by atoms with Crippen LogP contribution in [0.5, 0.6) is 0 Å². The maximum Gasteiger partial charge on any atom is 0.305 e. The Morgan fingerprint density at radius 2 is 0.886 bits per heavy atom. The van der Waals surface area contributed by atoms with E-state index in [1.54, 1.807) is 0 Å². The normalized spacial score (nSPS) is 8.69. The van der Waals surface area contributed by atoms with Crippen molar-refractivity contribution >= 4 is 73.0 Å². The number of esters is 4. The topological polar surface area (TPSA) is 105 Å². The molecule has 0 heterocycles. The van der Waals surface area contributed by atoms with Gasteiger partial charge in [0.25, 0.3) is 0 Å². The van der Waals surface area contributed by atoms with Gasteiger partial charge in [0, 0.05) is 61.1 Å². The Morgan fingerprint density at radius 3 is 1.09 bits per heavy atom. The summed E-state index contributed by atoms with van der Waals surface area (Å²) in [5.74, 6) is -0.430. The summed E-state index contributed by atoms with van der Waals surface area (Å²) in [7, 11) is 2.63. The van der Waals surface area contributed by atoms with Gasteiger partial charge in [0.2, 0.25) is 0 Å². The number of hydrogen-bond acceptors (Lipinski definition) is 8. The van der Waals surface area contributed by atoms with E-state index in [9.17, 15) is 19.2 Å². The summed E-state index contributed by atoms with van der Waals surface area (Å²) in [6.07, 6.45) is 6.46. The molecule has 0 rings (SSSR count). The van der Waals surface area contributed by atoms with E-state index in [0.717, 1.165) is 12.8 Å². The van der Waals surface area contributed by atoms with E-state index in [1.807, 2.05) is 0 Å². The Hall–Kier alpha value is -0.621. The van der Waals surface area contributed by atoms with Crippen LogP contribution < -0.4 is 0 Å². The van der Waals surface area contributed by atoms with E-state index in [2.05, 4.69) is 62.4 Å². The number of hydrogen-bond donors (Lipinski definition) is 0. The molecule has 35 heavy (non-hydrogen) atoms. The molecule has 0 unspecified atom stereocenters. The van der Waals surface area contributed by atoms with Gasteiger partial charge in [-0.15, -0.1) is 0 Å². The fourth-order valence-corrected chi connectivity index (χ4v) is 1.58. The number of carbonyl (C=O) groups is 4. The van der Waals surface area contributed by atoms with E-state index in [1.165, 1.54) is 27.1 Å². The monoisotopic (exact) mass is 644 g/mol. The van der Waals surface area contributed by atoms with Gasteiger partial charge in [-0.1, -0.05) is 78.6 Å². The molecule has 0 aromatic rings. The molecule has 11 heteroatoms. The molecule has 0 saturated carbocycles. The van der Waals surface area contributed by atoms with Crippen molar-refractivity contribution in [1.29, 1.82) is 0 Å². The predicted molar refractivity (Wildman–Crippen MR) is 145 cm³/mol. The molecule has 0 fully saturated rings. The standard InChI is InChI=1S/2C8H13O4S.2C4H9.Sn/c2*1-11-7(9)3-2-4-8(10)12-5-6-13;2*1-3-4-2;/h2*2-6H2,1H3;2*1,3-4H2,2H3;. The van der Waals surface area contributed by atoms with Crippen LogP contribution in [0, 0.1) is 13.8 Å². The van der Waals surface area contributed by atoms with Gasteiger partial charge in [0.15, 0.2) is 0 Å². The van der Waals surface area contributed by atoms with Crippen molar-refractivity contribution < 1.29 is 38.1 Å². The van der Waals surface area contributed by atoms with Crippen molar-refractivity contribution in [2.24, 2.45) is 0 Å². The van der Waals surface area contributed by atoms with Gasteiger partial charge >= 0.3 is 23.9 Å². The Bertz CT molecular complexity index is 434. The first kappa shape index (κ1) is 44.4. The molecule has 0 amide bonds. The zero-order valence-corrected chi connectivity index (χ0v) is 26.4. The molecule has 0 aliphatic carbocycles. The number of carbonyl (C=O) groups excluding carboxylic acids is 4. The quantitative estimate of drug-likeness (QED) is 0.148. The van der Waals surface area contributed by atoms with Crippen molar-refractivity contribution in [3.8, 4) is 0 Å². The van der Waals surface area contributed by atoms with Crippen LogP contribution in [-0.2, 0) is 38.1 Å². The van der Waals surface area contributed by atoms with Crippen LogP contribution in [0.15, 0.2) is 0 Å². The Labute approximate surface area is 241 Å². The van der Waals surface area contributed by atoms with E-state index >= 15 is 0 Å². The van der Waals surface area contributed by atoms with Crippen LogP contribution in [0.2, 0.25) is 0 Å². The number of rotatable bonds is 14. The molecule has 0 saturated heterocycles. The van der Waals surface area contributed by atoms with Crippen molar-refractivity contribution in [2.45, 2.75) is 78.1 Å². The molecule has 0 aliphatic rings. The molecule has 0 aromatic carbocycles. The van der Waals surface area contributed by atoms with Crippen LogP contribution in [0.25, 0.3) is 0 Å². The fraction of sp³-hybridized carbons (Fsp3) is 0.750. The van der Waals surface area contributed by atoms with Gasteiger partial charge in [-0.2, -0.15) is 0 Å². The SMILES string of the molecule is COC(=O)CCCC(=O)OCC[S].COC(=O)CCCC(=O)OCC[S].[CH2]CCC.[CH2]CCC.[Sn]. The van der Waals surface area contributed by atoms with Gasteiger partial charge < -0.3 is 18.9 Å². The average Bonchev–Trinajstić information content (AvgIpc) is 2.86. The molecule has 0 aromatic heterocycles. The zero-order valence-electron chi connectivity index (χ0n) is 21.9. The molecule has 0 bridgehead atoms. The molecular formula is C24H44O8S2Sn. The van der Waals surface area contributed by atoms with Crippen molar-refractivity contribution in [2.75, 3.05) is 38.9 Å². The van der Waals surface area contributed by atoms with Crippen LogP contribution >= 0.6 is 25.3 Å². The summed E-state index contributed by atoms with van der Waals surface area (Å²) in [5, 5.41) is 0. The average molecular weight is 643 g/mol. The van der Waals surface area contributed by atoms with E-state index in [-0.39, 0.29) is 86.7 Å². The third kappa shape index (κ3) is 51.0. The van der Waals surface area contributed by atoms with Crippen molar-refractivity contribution in [3.05, 3.63) is 13.8 Å². The van der Waals surface area contributed by atoms with Gasteiger partial charge in [-0.3, -0.25) is 19.2 Å². The molecule has 0 atom stereocenters. The first-order valence-corrected chi connectivity index (χ1v) is 12.6. The number of ether oxygens (including phenoxy) is 4. The van der Waals surface area contributed by atoms with E-state index in [4.69, 9.17) is 9.47 Å². The Balaban J connectivity index is -0.000000128. The molecule has 0 N–H and O–H groups in total. The molecule has 0 aliphatic heterocycles. The third-order valence-corrected chi connectivity index (χ3v) is 3.71. The van der Waals surface area contributed by atoms with Gasteiger partial charge in [0.1, 0.15) is 13.2 Å². The second-order valence-electron chi connectivity index (χ2n) is 6.42. The second-order valence-corrected chi connectivity index (χ2v) is 7.23. The summed E-state index contributed by atoms with van der Waals surface area (Å²) in [5.41, 5.74) is 0. The maximum atomic E-state index is 10.9. The first-order chi connectivity index (χ1) is 16.2. The van der Waals surface area contributed by atoms with Crippen LogP contribution in [0.1, 0.15) is 78.1 Å².